The second-order valence-corrected chi connectivity index (χ2v) is 11.4. The van der Waals surface area contributed by atoms with Gasteiger partial charge in [0, 0.05) is 24.6 Å². The van der Waals surface area contributed by atoms with Crippen molar-refractivity contribution in [3.63, 3.8) is 0 Å². The Kier molecular flexibility index (Phi) is 13.4. The maximum atomic E-state index is 13.7. The number of halogens is 5. The van der Waals surface area contributed by atoms with Crippen LogP contribution >= 0.6 is 23.2 Å². The number of aryl methyl sites for hydroxylation is 1. The van der Waals surface area contributed by atoms with Gasteiger partial charge in [0.05, 0.1) is 22.8 Å². The summed E-state index contributed by atoms with van der Waals surface area (Å²) in [6, 6.07) is 9.03. The normalized spacial score (nSPS) is 10.7. The number of aldehydes is 1. The van der Waals surface area contributed by atoms with Gasteiger partial charge in [0.15, 0.2) is 0 Å². The van der Waals surface area contributed by atoms with Crippen LogP contribution in [0.15, 0.2) is 42.5 Å². The molecule has 0 bridgehead atoms. The van der Waals surface area contributed by atoms with E-state index in [-0.39, 0.29) is 16.5 Å². The van der Waals surface area contributed by atoms with Crippen LogP contribution in [0.25, 0.3) is 11.1 Å². The van der Waals surface area contributed by atoms with E-state index in [1.807, 2.05) is 18.3 Å². The summed E-state index contributed by atoms with van der Waals surface area (Å²) in [5.41, 5.74) is 1.77. The molecule has 0 radical (unpaired) electrons. The van der Waals surface area contributed by atoms with Crippen LogP contribution in [0.4, 0.5) is 23.7 Å². The third-order valence-corrected chi connectivity index (χ3v) is 6.72. The van der Waals surface area contributed by atoms with Gasteiger partial charge in [0.1, 0.15) is 41.4 Å². The van der Waals surface area contributed by atoms with Gasteiger partial charge >= 0.3 is 12.1 Å². The summed E-state index contributed by atoms with van der Waals surface area (Å²) in [5.74, 6) is -4.23. The number of nitrogens with one attached hydrogen (secondary N) is 1. The molecule has 0 aromatic heterocycles. The van der Waals surface area contributed by atoms with Crippen LogP contribution in [-0.4, -0.2) is 50.6 Å². The molecule has 3 aromatic carbocycles. The van der Waals surface area contributed by atoms with Gasteiger partial charge < -0.3 is 19.6 Å². The minimum Gasteiger partial charge on any atom is -0.468 e. The smallest absolute Gasteiger partial charge is 0.414 e. The van der Waals surface area contributed by atoms with Crippen molar-refractivity contribution < 1.29 is 41.8 Å². The molecule has 0 atom stereocenters. The molecule has 0 saturated carbocycles. The van der Waals surface area contributed by atoms with Crippen LogP contribution in [0.2, 0.25) is 10.0 Å². The topological polar surface area (TPSA) is 102 Å². The molecule has 45 heavy (non-hydrogen) atoms. The number of esters is 1. The second-order valence-electron chi connectivity index (χ2n) is 10.6. The highest BCUT2D eigenvalue weighted by molar-refractivity contribution is 6.39. The number of hydrogen-bond acceptors (Lipinski definition) is 6. The molecule has 2 amide bonds. The highest BCUT2D eigenvalue weighted by Crippen LogP contribution is 2.43. The highest BCUT2D eigenvalue weighted by Gasteiger charge is 2.27. The minimum absolute atomic E-state index is 0.124. The number of hydrogen-bond donors (Lipinski definition) is 1. The van der Waals surface area contributed by atoms with Gasteiger partial charge in [-0.15, -0.1) is 0 Å². The van der Waals surface area contributed by atoms with E-state index in [0.29, 0.717) is 23.2 Å². The van der Waals surface area contributed by atoms with Gasteiger partial charge in [-0.05, 0) is 69.5 Å². The summed E-state index contributed by atoms with van der Waals surface area (Å²) < 4.78 is 49.7. The molecule has 8 nitrogen and oxygen atoms in total. The predicted octanol–water partition coefficient (Wildman–Crippen LogP) is 7.48. The number of carbonyl (C=O) groups excluding carboxylic acids is 4. The molecule has 1 N–H and O–H groups in total. The SMILES string of the molecule is COC(=O)CNC(=O)c1c(F)cccc1F.Cc1ccc(-c2c(Cl)cc(F)cc2Cl)c(N(C)C(=O)OC(C)(C)C)c1CCC=O. The Bertz CT molecular complexity index is 1530. The summed E-state index contributed by atoms with van der Waals surface area (Å²) in [7, 11) is 2.72. The van der Waals surface area contributed by atoms with Crippen molar-refractivity contribution in [2.24, 2.45) is 0 Å². The first kappa shape index (κ1) is 37.1. The Balaban J connectivity index is 0.000000372. The van der Waals surface area contributed by atoms with Crippen LogP contribution in [-0.2, 0) is 25.5 Å². The van der Waals surface area contributed by atoms with Crippen LogP contribution < -0.4 is 10.2 Å². The van der Waals surface area contributed by atoms with Gasteiger partial charge in [-0.25, -0.2) is 18.0 Å². The fourth-order valence-electron chi connectivity index (χ4n) is 4.09. The van der Waals surface area contributed by atoms with E-state index in [4.69, 9.17) is 27.9 Å². The lowest BCUT2D eigenvalue weighted by atomic mass is 9.93. The number of carbonyl (C=O) groups is 4. The Hall–Kier alpha value is -4.09. The molecular weight excluding hydrogens is 636 g/mol. The number of ether oxygens (including phenoxy) is 2. The summed E-state index contributed by atoms with van der Waals surface area (Å²) in [6.07, 6.45) is 0.958. The van der Waals surface area contributed by atoms with E-state index in [9.17, 15) is 32.3 Å². The fraction of sp³-hybridized carbons (Fsp3) is 0.312. The zero-order valence-electron chi connectivity index (χ0n) is 25.5. The zero-order chi connectivity index (χ0) is 34.1. The van der Waals surface area contributed by atoms with Gasteiger partial charge in [-0.1, -0.05) is 41.4 Å². The lowest BCUT2D eigenvalue weighted by molar-refractivity contribution is -0.139. The summed E-state index contributed by atoms with van der Waals surface area (Å²) in [5, 5.41) is 2.29. The van der Waals surface area contributed by atoms with Crippen LogP contribution in [0.1, 0.15) is 48.7 Å². The van der Waals surface area contributed by atoms with Crippen molar-refractivity contribution in [1.29, 1.82) is 0 Å². The van der Waals surface area contributed by atoms with Crippen molar-refractivity contribution in [3.05, 3.63) is 86.7 Å². The minimum atomic E-state index is -0.999. The number of benzene rings is 3. The Morgan fingerprint density at radius 1 is 1.00 bits per heavy atom. The molecule has 0 unspecified atom stereocenters. The first-order chi connectivity index (χ1) is 21.0. The van der Waals surface area contributed by atoms with Crippen LogP contribution in [0.5, 0.6) is 0 Å². The zero-order valence-corrected chi connectivity index (χ0v) is 27.0. The molecule has 0 spiro atoms. The predicted molar refractivity (Wildman–Crippen MR) is 166 cm³/mol. The number of nitrogens with zero attached hydrogens (tertiary/aromatic N) is 1. The number of rotatable bonds is 8. The molecule has 0 aliphatic heterocycles. The molecule has 0 aliphatic rings. The number of methoxy groups -OCH3 is 1. The third-order valence-electron chi connectivity index (χ3n) is 6.12. The lowest BCUT2D eigenvalue weighted by Crippen LogP contribution is -2.35. The Morgan fingerprint density at radius 3 is 2.09 bits per heavy atom. The molecule has 0 saturated heterocycles. The maximum absolute atomic E-state index is 13.7. The van der Waals surface area contributed by atoms with Crippen molar-refractivity contribution in [3.8, 4) is 11.1 Å². The number of anilines is 1. The second kappa shape index (κ2) is 16.3. The van der Waals surface area contributed by atoms with Crippen LogP contribution in [0.3, 0.4) is 0 Å². The van der Waals surface area contributed by atoms with E-state index in [2.05, 4.69) is 4.74 Å². The van der Waals surface area contributed by atoms with Crippen molar-refractivity contribution in [1.82, 2.24) is 5.32 Å². The summed E-state index contributed by atoms with van der Waals surface area (Å²) >= 11 is 12.6. The first-order valence-electron chi connectivity index (χ1n) is 13.5. The van der Waals surface area contributed by atoms with E-state index in [1.54, 1.807) is 33.9 Å². The van der Waals surface area contributed by atoms with Crippen LogP contribution in [0, 0.1) is 24.4 Å². The summed E-state index contributed by atoms with van der Waals surface area (Å²) in [6.45, 7) is 6.78. The molecular formula is C32H33Cl2F3N2O6. The van der Waals surface area contributed by atoms with E-state index < -0.39 is 53.1 Å². The average Bonchev–Trinajstić information content (AvgIpc) is 2.94. The molecule has 13 heteroatoms. The molecule has 242 valence electrons. The van der Waals surface area contributed by atoms with E-state index in [0.717, 1.165) is 42.7 Å². The lowest BCUT2D eigenvalue weighted by Gasteiger charge is -2.29. The molecule has 0 fully saturated rings. The summed E-state index contributed by atoms with van der Waals surface area (Å²) in [4.78, 5) is 47.2. The molecule has 0 heterocycles. The van der Waals surface area contributed by atoms with Crippen molar-refractivity contribution in [2.75, 3.05) is 25.6 Å². The van der Waals surface area contributed by atoms with Gasteiger partial charge in [-0.3, -0.25) is 14.5 Å². The quantitative estimate of drug-likeness (QED) is 0.197. The molecule has 3 aromatic rings. The Morgan fingerprint density at radius 2 is 1.58 bits per heavy atom. The van der Waals surface area contributed by atoms with Crippen molar-refractivity contribution in [2.45, 2.75) is 46.1 Å². The molecule has 3 rings (SSSR count). The first-order valence-corrected chi connectivity index (χ1v) is 14.2. The largest absolute Gasteiger partial charge is 0.468 e. The van der Waals surface area contributed by atoms with Gasteiger partial charge in [0.25, 0.3) is 5.91 Å². The van der Waals surface area contributed by atoms with E-state index >= 15 is 0 Å². The average molecular weight is 670 g/mol. The monoisotopic (exact) mass is 668 g/mol. The van der Waals surface area contributed by atoms with Crippen molar-refractivity contribution >= 4 is 53.1 Å². The number of amides is 2. The van der Waals surface area contributed by atoms with Gasteiger partial charge in [0.2, 0.25) is 0 Å². The van der Waals surface area contributed by atoms with Gasteiger partial charge in [-0.2, -0.15) is 0 Å². The van der Waals surface area contributed by atoms with E-state index in [1.165, 1.54) is 17.0 Å². The maximum Gasteiger partial charge on any atom is 0.414 e. The molecule has 0 aliphatic carbocycles. The fourth-order valence-corrected chi connectivity index (χ4v) is 4.75. The standard InChI is InChI=1S/C22H24Cl2FNO3.C10H9F2NO3/c1-13-8-9-16(19-17(23)11-14(25)12-18(19)24)20(15(13)7-6-10-27)26(5)21(28)29-22(2,3)4;1-16-8(14)5-13-10(15)9-6(11)3-2-4-7(9)12/h8-12H,6-7H2,1-5H3;2-4H,5H2,1H3,(H,13,15). The highest BCUT2D eigenvalue weighted by atomic mass is 35.5. The third kappa shape index (κ3) is 10.2. The Labute approximate surface area is 269 Å².